The molecule has 6 heteroatoms. The van der Waals surface area contributed by atoms with Crippen molar-refractivity contribution in [1.29, 1.82) is 0 Å². The molecule has 2 bridgehead atoms. The average molecular weight is 688 g/mol. The summed E-state index contributed by atoms with van der Waals surface area (Å²) in [6.45, 7) is 5.02. The van der Waals surface area contributed by atoms with Gasteiger partial charge in [0.15, 0.2) is 5.78 Å². The SMILES string of the molecule is CC1=CCCC2(C)C(CCC2(O)CN(Cc2ccccc2)CC(O)CO)c2ccc(cc2C(=O)c2ccccc2-c2ccccc2)CC(O)CC1. The molecule has 51 heavy (non-hydrogen) atoms. The van der Waals surface area contributed by atoms with Gasteiger partial charge in [-0.1, -0.05) is 116 Å². The highest BCUT2D eigenvalue weighted by atomic mass is 16.3. The zero-order valence-corrected chi connectivity index (χ0v) is 30.0. The summed E-state index contributed by atoms with van der Waals surface area (Å²) >= 11 is 0. The maximum absolute atomic E-state index is 14.9. The molecule has 0 saturated heterocycles. The lowest BCUT2D eigenvalue weighted by molar-refractivity contribution is -0.0907. The molecular formula is C45H53NO5. The summed E-state index contributed by atoms with van der Waals surface area (Å²) in [4.78, 5) is 17.0. The van der Waals surface area contributed by atoms with Gasteiger partial charge in [-0.2, -0.15) is 0 Å². The molecule has 0 spiro atoms. The quantitative estimate of drug-likeness (QED) is 0.102. The molecule has 0 aliphatic heterocycles. The summed E-state index contributed by atoms with van der Waals surface area (Å²) in [6, 6.07) is 33.9. The number of benzene rings is 4. The van der Waals surface area contributed by atoms with Crippen LogP contribution in [0.1, 0.15) is 90.9 Å². The second-order valence-corrected chi connectivity index (χ2v) is 15.2. The van der Waals surface area contributed by atoms with Crippen LogP contribution >= 0.6 is 0 Å². The number of carbonyl (C=O) groups excluding carboxylic acids is 1. The summed E-state index contributed by atoms with van der Waals surface area (Å²) in [5.41, 5.74) is 5.50. The van der Waals surface area contributed by atoms with E-state index in [9.17, 15) is 25.2 Å². The lowest BCUT2D eigenvalue weighted by atomic mass is 9.64. The van der Waals surface area contributed by atoms with Gasteiger partial charge in [-0.3, -0.25) is 9.69 Å². The summed E-state index contributed by atoms with van der Waals surface area (Å²) in [5, 5.41) is 44.4. The van der Waals surface area contributed by atoms with Crippen LogP contribution in [0.25, 0.3) is 11.1 Å². The Balaban J connectivity index is 1.45. The van der Waals surface area contributed by atoms with Crippen molar-refractivity contribution in [3.63, 3.8) is 0 Å². The van der Waals surface area contributed by atoms with E-state index in [4.69, 9.17) is 0 Å². The number of allylic oxidation sites excluding steroid dienone is 2. The largest absolute Gasteiger partial charge is 0.394 e. The Morgan fingerprint density at radius 3 is 2.35 bits per heavy atom. The van der Waals surface area contributed by atoms with Gasteiger partial charge in [-0.25, -0.2) is 0 Å². The Kier molecular flexibility index (Phi) is 11.7. The first-order valence-corrected chi connectivity index (χ1v) is 18.5. The van der Waals surface area contributed by atoms with Crippen molar-refractivity contribution in [3.8, 4) is 11.1 Å². The highest BCUT2D eigenvalue weighted by molar-refractivity contribution is 6.13. The summed E-state index contributed by atoms with van der Waals surface area (Å²) < 4.78 is 0. The third-order valence-electron chi connectivity index (χ3n) is 11.6. The number of aliphatic hydroxyl groups excluding tert-OH is 3. The van der Waals surface area contributed by atoms with Crippen LogP contribution in [-0.2, 0) is 13.0 Å². The third-order valence-corrected chi connectivity index (χ3v) is 11.6. The Morgan fingerprint density at radius 1 is 0.902 bits per heavy atom. The topological polar surface area (TPSA) is 101 Å². The normalized spacial score (nSPS) is 24.5. The van der Waals surface area contributed by atoms with E-state index in [-0.39, 0.29) is 24.9 Å². The van der Waals surface area contributed by atoms with Crippen LogP contribution in [0.15, 0.2) is 115 Å². The zero-order valence-electron chi connectivity index (χ0n) is 30.0. The van der Waals surface area contributed by atoms with Crippen LogP contribution in [0.3, 0.4) is 0 Å². The second-order valence-electron chi connectivity index (χ2n) is 15.2. The van der Waals surface area contributed by atoms with Crippen molar-refractivity contribution in [3.05, 3.63) is 143 Å². The van der Waals surface area contributed by atoms with E-state index in [2.05, 4.69) is 37.0 Å². The molecule has 268 valence electrons. The van der Waals surface area contributed by atoms with Gasteiger partial charge in [-0.05, 0) is 91.7 Å². The second kappa shape index (κ2) is 16.2. The standard InChI is InChI=1S/C45H53NO5/c1-32-12-11-24-44(2)42(23-25-45(44,51)31-46(29-37(49)30-47)28-33-13-5-3-6-14-33)39-22-20-34(26-36(48)21-19-32)27-41(39)43(50)40-18-10-9-17-38(40)35-15-7-4-8-16-35/h3-10,12-18,20,22,27,36-37,42,47-49,51H,11,19,21,23-26,28-31H2,1-2H3. The van der Waals surface area contributed by atoms with Gasteiger partial charge in [0.25, 0.3) is 0 Å². The number of carbonyl (C=O) groups is 1. The van der Waals surface area contributed by atoms with Gasteiger partial charge in [0.05, 0.1) is 24.4 Å². The number of rotatable bonds is 10. The van der Waals surface area contributed by atoms with Crippen molar-refractivity contribution in [1.82, 2.24) is 4.90 Å². The number of fused-ring (bicyclic) bond motifs is 8. The molecule has 0 radical (unpaired) electrons. The van der Waals surface area contributed by atoms with E-state index in [1.807, 2.05) is 91.0 Å². The lowest BCUT2D eigenvalue weighted by Gasteiger charge is -2.46. The van der Waals surface area contributed by atoms with Crippen molar-refractivity contribution >= 4 is 5.78 Å². The van der Waals surface area contributed by atoms with Crippen LogP contribution in [0, 0.1) is 5.41 Å². The molecule has 1 saturated carbocycles. The van der Waals surface area contributed by atoms with Crippen molar-refractivity contribution in [2.45, 2.75) is 89.1 Å². The maximum Gasteiger partial charge on any atom is 0.193 e. The van der Waals surface area contributed by atoms with Crippen molar-refractivity contribution < 1.29 is 25.2 Å². The molecular weight excluding hydrogens is 634 g/mol. The van der Waals surface area contributed by atoms with E-state index in [1.54, 1.807) is 0 Å². The predicted octanol–water partition coefficient (Wildman–Crippen LogP) is 7.48. The molecule has 0 heterocycles. The lowest BCUT2D eigenvalue weighted by Crippen LogP contribution is -2.53. The number of hydrogen-bond acceptors (Lipinski definition) is 6. The van der Waals surface area contributed by atoms with E-state index in [1.165, 1.54) is 5.57 Å². The number of hydrogen-bond donors (Lipinski definition) is 4. The Labute approximate surface area is 303 Å². The first-order chi connectivity index (χ1) is 24.6. The minimum Gasteiger partial charge on any atom is -0.394 e. The van der Waals surface area contributed by atoms with E-state index in [0.29, 0.717) is 56.3 Å². The molecule has 1 fully saturated rings. The molecule has 4 aromatic carbocycles. The fourth-order valence-corrected chi connectivity index (χ4v) is 8.64. The molecule has 6 nitrogen and oxygen atoms in total. The minimum atomic E-state index is -1.14. The van der Waals surface area contributed by atoms with Crippen LogP contribution in [-0.4, -0.2) is 68.6 Å². The smallest absolute Gasteiger partial charge is 0.193 e. The van der Waals surface area contributed by atoms with Crippen LogP contribution in [0.5, 0.6) is 0 Å². The molecule has 3 aliphatic carbocycles. The molecule has 4 aromatic rings. The summed E-state index contributed by atoms with van der Waals surface area (Å²) in [6.07, 6.45) is 5.36. The zero-order chi connectivity index (χ0) is 36.0. The van der Waals surface area contributed by atoms with Crippen LogP contribution < -0.4 is 0 Å². The van der Waals surface area contributed by atoms with E-state index in [0.717, 1.165) is 40.7 Å². The average Bonchev–Trinajstić information content (AvgIpc) is 3.39. The number of aliphatic hydroxyl groups is 4. The Hall–Kier alpha value is -3.91. The molecule has 5 unspecified atom stereocenters. The van der Waals surface area contributed by atoms with Gasteiger partial charge >= 0.3 is 0 Å². The van der Waals surface area contributed by atoms with Gasteiger partial charge in [0, 0.05) is 36.2 Å². The fourth-order valence-electron chi connectivity index (χ4n) is 8.64. The number of ketones is 1. The molecule has 0 aromatic heterocycles. The Bertz CT molecular complexity index is 1810. The number of nitrogens with zero attached hydrogens (tertiary/aromatic N) is 1. The fraction of sp³-hybridized carbons (Fsp3) is 0.400. The van der Waals surface area contributed by atoms with Crippen molar-refractivity contribution in [2.75, 3.05) is 19.7 Å². The molecule has 0 amide bonds. The molecule has 7 rings (SSSR count). The Morgan fingerprint density at radius 2 is 1.61 bits per heavy atom. The van der Waals surface area contributed by atoms with Crippen molar-refractivity contribution in [2.24, 2.45) is 5.41 Å². The monoisotopic (exact) mass is 687 g/mol. The summed E-state index contributed by atoms with van der Waals surface area (Å²) in [5.74, 6) is -0.180. The van der Waals surface area contributed by atoms with E-state index < -0.39 is 23.2 Å². The molecule has 4 N–H and O–H groups in total. The van der Waals surface area contributed by atoms with Gasteiger partial charge in [-0.15, -0.1) is 0 Å². The first-order valence-electron chi connectivity index (χ1n) is 18.5. The maximum atomic E-state index is 14.9. The van der Waals surface area contributed by atoms with Gasteiger partial charge < -0.3 is 20.4 Å². The van der Waals surface area contributed by atoms with Gasteiger partial charge in [0.2, 0.25) is 0 Å². The molecule has 3 aliphatic rings. The predicted molar refractivity (Wildman–Crippen MR) is 204 cm³/mol. The first kappa shape index (κ1) is 36.9. The van der Waals surface area contributed by atoms with Crippen LogP contribution in [0.2, 0.25) is 0 Å². The summed E-state index contributed by atoms with van der Waals surface area (Å²) in [7, 11) is 0. The van der Waals surface area contributed by atoms with Gasteiger partial charge in [0.1, 0.15) is 0 Å². The van der Waals surface area contributed by atoms with E-state index >= 15 is 0 Å². The highest BCUT2D eigenvalue weighted by Gasteiger charge is 2.57. The van der Waals surface area contributed by atoms with Crippen LogP contribution in [0.4, 0.5) is 0 Å². The molecule has 5 atom stereocenters. The highest BCUT2D eigenvalue weighted by Crippen LogP contribution is 2.59. The third kappa shape index (κ3) is 8.27. The minimum absolute atomic E-state index is 0.0572.